The van der Waals surface area contributed by atoms with Crippen LogP contribution in [0.5, 0.6) is 0 Å². The molecule has 0 unspecified atom stereocenters. The number of nitrogens with zero attached hydrogens (tertiary/aromatic N) is 1. The number of rotatable bonds is 8. The molecule has 32 heavy (non-hydrogen) atoms. The van der Waals surface area contributed by atoms with Crippen molar-refractivity contribution in [2.45, 2.75) is 77.0 Å². The number of hydrogen-bond donors (Lipinski definition) is 3. The molecule has 0 spiro atoms. The Morgan fingerprint density at radius 2 is 1.34 bits per heavy atom. The molecular formula is C27H43N3O2. The van der Waals surface area contributed by atoms with Crippen LogP contribution in [0.2, 0.25) is 0 Å². The minimum Gasteiger partial charge on any atom is -0.372 e. The van der Waals surface area contributed by atoms with Crippen LogP contribution in [0, 0.1) is 23.7 Å². The van der Waals surface area contributed by atoms with Crippen LogP contribution in [0.25, 0.3) is 0 Å². The zero-order chi connectivity index (χ0) is 22.2. The molecule has 1 aliphatic heterocycles. The predicted molar refractivity (Wildman–Crippen MR) is 130 cm³/mol. The molecule has 3 aliphatic rings. The summed E-state index contributed by atoms with van der Waals surface area (Å²) < 4.78 is 0. The molecule has 2 saturated carbocycles. The highest BCUT2D eigenvalue weighted by Gasteiger charge is 2.25. The molecule has 5 heteroatoms. The van der Waals surface area contributed by atoms with Crippen molar-refractivity contribution in [1.29, 1.82) is 0 Å². The van der Waals surface area contributed by atoms with Crippen LogP contribution in [-0.4, -0.2) is 37.3 Å². The third kappa shape index (κ3) is 6.71. The minimum absolute atomic E-state index is 0.459. The summed E-state index contributed by atoms with van der Waals surface area (Å²) in [5.41, 5.74) is 3.34. The molecule has 1 heterocycles. The second-order valence-electron chi connectivity index (χ2n) is 10.7. The maximum Gasteiger partial charge on any atom is 0.274 e. The molecule has 178 valence electrons. The van der Waals surface area contributed by atoms with Gasteiger partial charge in [-0.3, -0.25) is 10.0 Å². The number of carbonyl (C=O) groups is 1. The van der Waals surface area contributed by atoms with Crippen LogP contribution in [0.4, 0.5) is 5.69 Å². The number of nitrogens with one attached hydrogen (secondary N) is 2. The van der Waals surface area contributed by atoms with Crippen molar-refractivity contribution in [2.75, 3.05) is 31.1 Å². The third-order valence-corrected chi connectivity index (χ3v) is 8.43. The Balaban J connectivity index is 1.09. The lowest BCUT2D eigenvalue weighted by molar-refractivity contribution is 0.0706. The van der Waals surface area contributed by atoms with E-state index in [9.17, 15) is 4.79 Å². The molecule has 3 fully saturated rings. The summed E-state index contributed by atoms with van der Waals surface area (Å²) in [4.78, 5) is 13.9. The van der Waals surface area contributed by atoms with Crippen LogP contribution in [0.15, 0.2) is 24.3 Å². The molecule has 5 nitrogen and oxygen atoms in total. The van der Waals surface area contributed by atoms with Crippen LogP contribution in [0.3, 0.4) is 0 Å². The molecule has 0 atom stereocenters. The Labute approximate surface area is 194 Å². The molecule has 0 bridgehead atoms. The van der Waals surface area contributed by atoms with Gasteiger partial charge in [0.25, 0.3) is 5.91 Å². The summed E-state index contributed by atoms with van der Waals surface area (Å²) in [5, 5.41) is 12.6. The summed E-state index contributed by atoms with van der Waals surface area (Å²) in [6, 6.07) is 7.51. The Hall–Kier alpha value is -1.59. The van der Waals surface area contributed by atoms with Gasteiger partial charge in [-0.25, -0.2) is 5.48 Å². The van der Waals surface area contributed by atoms with Crippen molar-refractivity contribution < 1.29 is 10.0 Å². The lowest BCUT2D eigenvalue weighted by atomic mass is 9.75. The first-order valence-corrected chi connectivity index (χ1v) is 13.2. The predicted octanol–water partition coefficient (Wildman–Crippen LogP) is 5.39. The van der Waals surface area contributed by atoms with Gasteiger partial charge >= 0.3 is 0 Å². The lowest BCUT2D eigenvalue weighted by Gasteiger charge is -2.35. The molecule has 3 N–H and O–H groups in total. The largest absolute Gasteiger partial charge is 0.372 e. The zero-order valence-electron chi connectivity index (χ0n) is 19.7. The molecule has 1 aromatic rings. The minimum atomic E-state index is -0.459. The van der Waals surface area contributed by atoms with Crippen molar-refractivity contribution in [3.8, 4) is 0 Å². The first-order valence-electron chi connectivity index (χ1n) is 13.2. The molecule has 2 aliphatic carbocycles. The van der Waals surface area contributed by atoms with Crippen LogP contribution in [-0.2, 0) is 0 Å². The Morgan fingerprint density at radius 3 is 1.97 bits per heavy atom. The highest BCUT2D eigenvalue weighted by molar-refractivity contribution is 5.93. The number of amides is 1. The van der Waals surface area contributed by atoms with Crippen molar-refractivity contribution in [1.82, 2.24) is 10.8 Å². The van der Waals surface area contributed by atoms with Gasteiger partial charge < -0.3 is 10.2 Å². The summed E-state index contributed by atoms with van der Waals surface area (Å²) in [5.74, 6) is 3.28. The molecule has 0 aromatic heterocycles. The first kappa shape index (κ1) is 23.6. The van der Waals surface area contributed by atoms with E-state index >= 15 is 0 Å². The average molecular weight is 442 g/mol. The van der Waals surface area contributed by atoms with Gasteiger partial charge in [0.1, 0.15) is 0 Å². The molecule has 0 radical (unpaired) electrons. The maximum atomic E-state index is 11.5. The maximum absolute atomic E-state index is 11.5. The van der Waals surface area contributed by atoms with Crippen molar-refractivity contribution >= 4 is 11.6 Å². The summed E-state index contributed by atoms with van der Waals surface area (Å²) in [6.45, 7) is 4.52. The highest BCUT2D eigenvalue weighted by atomic mass is 16.5. The molecule has 4 rings (SSSR count). The van der Waals surface area contributed by atoms with E-state index in [-0.39, 0.29) is 0 Å². The smallest absolute Gasteiger partial charge is 0.274 e. The van der Waals surface area contributed by atoms with Gasteiger partial charge in [-0.15, -0.1) is 0 Å². The Bertz CT molecular complexity index is 685. The fourth-order valence-corrected chi connectivity index (χ4v) is 6.34. The van der Waals surface area contributed by atoms with Gasteiger partial charge in [0.05, 0.1) is 0 Å². The van der Waals surface area contributed by atoms with E-state index in [0.717, 1.165) is 49.0 Å². The van der Waals surface area contributed by atoms with Gasteiger partial charge in [-0.2, -0.15) is 0 Å². The Kier molecular flexibility index (Phi) is 8.86. The van der Waals surface area contributed by atoms with E-state index in [0.29, 0.717) is 5.56 Å². The fourth-order valence-electron chi connectivity index (χ4n) is 6.34. The van der Waals surface area contributed by atoms with E-state index in [1.54, 1.807) is 17.6 Å². The summed E-state index contributed by atoms with van der Waals surface area (Å²) >= 11 is 0. The van der Waals surface area contributed by atoms with E-state index in [4.69, 9.17) is 5.21 Å². The van der Waals surface area contributed by atoms with Crippen molar-refractivity contribution in [3.05, 3.63) is 29.8 Å². The van der Waals surface area contributed by atoms with E-state index in [1.165, 1.54) is 83.6 Å². The molecule has 1 amide bonds. The number of carbonyl (C=O) groups excluding carboxylic acids is 1. The quantitative estimate of drug-likeness (QED) is 0.374. The van der Waals surface area contributed by atoms with Gasteiger partial charge in [-0.1, -0.05) is 44.9 Å². The van der Waals surface area contributed by atoms with Crippen LogP contribution < -0.4 is 15.7 Å². The van der Waals surface area contributed by atoms with Crippen LogP contribution >= 0.6 is 0 Å². The average Bonchev–Trinajstić information content (AvgIpc) is 2.86. The van der Waals surface area contributed by atoms with Crippen LogP contribution in [0.1, 0.15) is 87.4 Å². The zero-order valence-corrected chi connectivity index (χ0v) is 19.7. The fraction of sp³-hybridized carbons (Fsp3) is 0.741. The summed E-state index contributed by atoms with van der Waals surface area (Å²) in [6.07, 6.45) is 17.2. The number of anilines is 1. The molecule has 1 aromatic carbocycles. The third-order valence-electron chi connectivity index (χ3n) is 8.43. The monoisotopic (exact) mass is 441 g/mol. The van der Waals surface area contributed by atoms with Gasteiger partial charge in [0, 0.05) is 24.3 Å². The Morgan fingerprint density at radius 1 is 0.781 bits per heavy atom. The van der Waals surface area contributed by atoms with Crippen molar-refractivity contribution in [2.24, 2.45) is 23.7 Å². The normalized spacial score (nSPS) is 25.6. The second-order valence-corrected chi connectivity index (χ2v) is 10.7. The topological polar surface area (TPSA) is 64.6 Å². The van der Waals surface area contributed by atoms with E-state index in [1.807, 2.05) is 12.1 Å². The van der Waals surface area contributed by atoms with Gasteiger partial charge in [0.15, 0.2) is 0 Å². The lowest BCUT2D eigenvalue weighted by Crippen LogP contribution is -2.38. The number of benzene rings is 1. The number of piperidine rings is 1. The highest BCUT2D eigenvalue weighted by Crippen LogP contribution is 2.36. The number of hydrogen-bond acceptors (Lipinski definition) is 4. The first-order chi connectivity index (χ1) is 15.7. The second kappa shape index (κ2) is 12.0. The van der Waals surface area contributed by atoms with E-state index < -0.39 is 5.91 Å². The van der Waals surface area contributed by atoms with Gasteiger partial charge in [0.2, 0.25) is 0 Å². The van der Waals surface area contributed by atoms with E-state index in [2.05, 4.69) is 10.2 Å². The molecular weight excluding hydrogens is 398 g/mol. The SMILES string of the molecule is O=C(NO)c1ccc(N2CCC(CNCC3CCC(CC4CCCCC4)CC3)CC2)cc1. The molecule has 1 saturated heterocycles. The van der Waals surface area contributed by atoms with Gasteiger partial charge in [-0.05, 0) is 93.1 Å². The standard InChI is InChI=1S/C27H43N3O2/c31-27(29-32)25-10-12-26(13-11-25)30-16-14-24(15-17-30)20-28-19-23-8-6-22(7-9-23)18-21-4-2-1-3-5-21/h10-13,21-24,28,32H,1-9,14-20H2,(H,29,31). The van der Waals surface area contributed by atoms with Crippen molar-refractivity contribution in [3.63, 3.8) is 0 Å². The number of hydroxylamine groups is 1. The summed E-state index contributed by atoms with van der Waals surface area (Å²) in [7, 11) is 0.